The topological polar surface area (TPSA) is 138 Å². The number of aliphatic hydroxyl groups excluding tert-OH is 2. The molecule has 29 heavy (non-hydrogen) atoms. The van der Waals surface area contributed by atoms with Gasteiger partial charge in [-0.15, -0.1) is 0 Å². The molecule has 0 aliphatic carbocycles. The Morgan fingerprint density at radius 1 is 0.862 bits per heavy atom. The van der Waals surface area contributed by atoms with E-state index >= 15 is 0 Å². The van der Waals surface area contributed by atoms with E-state index in [2.05, 4.69) is 9.47 Å². The second kappa shape index (κ2) is 10.0. The highest BCUT2D eigenvalue weighted by atomic mass is 16.6. The molecule has 1 rings (SSSR count). The monoisotopic (exact) mass is 410 g/mol. The number of hydrogen-bond acceptors (Lipinski definition) is 10. The Labute approximate surface area is 166 Å². The summed E-state index contributed by atoms with van der Waals surface area (Å²) in [6.45, 7) is 4.86. The van der Waals surface area contributed by atoms with E-state index in [4.69, 9.17) is 14.2 Å². The first-order valence-electron chi connectivity index (χ1n) is 8.15. The number of hydrogen-bond donors (Lipinski definition) is 2. The SMILES string of the molecule is COC(=O)C(=CO)Oc1cccc(OC(=CO)C(=O)OC)c1C(=O)OC(C)(C)C. The van der Waals surface area contributed by atoms with Crippen molar-refractivity contribution in [2.24, 2.45) is 0 Å². The summed E-state index contributed by atoms with van der Waals surface area (Å²) in [5.41, 5.74) is -1.23. The smallest absolute Gasteiger partial charge is 0.377 e. The average Bonchev–Trinajstić information content (AvgIpc) is 2.67. The molecule has 2 N–H and O–H groups in total. The maximum atomic E-state index is 12.7. The van der Waals surface area contributed by atoms with Gasteiger partial charge in [-0.3, -0.25) is 0 Å². The molecule has 1 aromatic rings. The molecule has 0 spiro atoms. The molecule has 10 nitrogen and oxygen atoms in total. The minimum absolute atomic E-state index is 0.246. The van der Waals surface area contributed by atoms with Crippen LogP contribution < -0.4 is 9.47 Å². The van der Waals surface area contributed by atoms with Crippen LogP contribution in [-0.2, 0) is 23.8 Å². The summed E-state index contributed by atoms with van der Waals surface area (Å²) in [6, 6.07) is 3.95. The van der Waals surface area contributed by atoms with Crippen LogP contribution >= 0.6 is 0 Å². The molecule has 158 valence electrons. The average molecular weight is 410 g/mol. The fraction of sp³-hybridized carbons (Fsp3) is 0.316. The molecule has 0 bridgehead atoms. The van der Waals surface area contributed by atoms with Crippen molar-refractivity contribution < 1.29 is 48.3 Å². The normalized spacial score (nSPS) is 12.0. The summed E-state index contributed by atoms with van der Waals surface area (Å²) in [7, 11) is 2.14. The predicted molar refractivity (Wildman–Crippen MR) is 98.3 cm³/mol. The van der Waals surface area contributed by atoms with E-state index in [0.717, 1.165) is 14.2 Å². The van der Waals surface area contributed by atoms with Gasteiger partial charge in [0.15, 0.2) is 0 Å². The highest BCUT2D eigenvalue weighted by molar-refractivity contribution is 5.97. The van der Waals surface area contributed by atoms with Crippen molar-refractivity contribution in [1.29, 1.82) is 0 Å². The van der Waals surface area contributed by atoms with Gasteiger partial charge in [0.25, 0.3) is 0 Å². The molecule has 0 fully saturated rings. The lowest BCUT2D eigenvalue weighted by atomic mass is 10.1. The first-order chi connectivity index (χ1) is 13.6. The minimum atomic E-state index is -1.01. The van der Waals surface area contributed by atoms with Crippen LogP contribution in [0.5, 0.6) is 11.5 Å². The second-order valence-electron chi connectivity index (χ2n) is 6.31. The van der Waals surface area contributed by atoms with Crippen LogP contribution in [0.25, 0.3) is 0 Å². The Morgan fingerprint density at radius 3 is 1.59 bits per heavy atom. The van der Waals surface area contributed by atoms with Gasteiger partial charge in [-0.25, -0.2) is 14.4 Å². The molecule has 1 aromatic carbocycles. The zero-order valence-electron chi connectivity index (χ0n) is 16.5. The first kappa shape index (κ1) is 23.3. The van der Waals surface area contributed by atoms with Gasteiger partial charge in [0.1, 0.15) is 35.2 Å². The lowest BCUT2D eigenvalue weighted by Crippen LogP contribution is -2.25. The van der Waals surface area contributed by atoms with Crippen molar-refractivity contribution in [2.75, 3.05) is 14.2 Å². The predicted octanol–water partition coefficient (Wildman–Crippen LogP) is 2.54. The Balaban J connectivity index is 3.51. The fourth-order valence-electron chi connectivity index (χ4n) is 1.89. The number of methoxy groups -OCH3 is 2. The molecule has 0 aliphatic heterocycles. The largest absolute Gasteiger partial charge is 0.511 e. The van der Waals surface area contributed by atoms with Gasteiger partial charge in [-0.2, -0.15) is 0 Å². The number of rotatable bonds is 7. The van der Waals surface area contributed by atoms with Crippen molar-refractivity contribution in [1.82, 2.24) is 0 Å². The van der Waals surface area contributed by atoms with E-state index in [-0.39, 0.29) is 17.1 Å². The minimum Gasteiger partial charge on any atom is -0.511 e. The van der Waals surface area contributed by atoms with Crippen molar-refractivity contribution >= 4 is 17.9 Å². The van der Waals surface area contributed by atoms with Gasteiger partial charge < -0.3 is 33.9 Å². The third-order valence-corrected chi connectivity index (χ3v) is 3.04. The lowest BCUT2D eigenvalue weighted by Gasteiger charge is -2.22. The van der Waals surface area contributed by atoms with E-state index in [1.807, 2.05) is 0 Å². The van der Waals surface area contributed by atoms with Gasteiger partial charge >= 0.3 is 17.9 Å². The maximum absolute atomic E-state index is 12.7. The molecule has 0 saturated carbocycles. The quantitative estimate of drug-likeness (QED) is 0.298. The van der Waals surface area contributed by atoms with Crippen LogP contribution in [0.4, 0.5) is 0 Å². The Hall–Kier alpha value is -3.69. The van der Waals surface area contributed by atoms with E-state index < -0.39 is 35.0 Å². The molecule has 0 unspecified atom stereocenters. The van der Waals surface area contributed by atoms with E-state index in [9.17, 15) is 24.6 Å². The zero-order chi connectivity index (χ0) is 22.2. The molecule has 0 aromatic heterocycles. The van der Waals surface area contributed by atoms with Crippen LogP contribution in [0.2, 0.25) is 0 Å². The number of esters is 3. The summed E-state index contributed by atoms with van der Waals surface area (Å²) in [5, 5.41) is 18.4. The van der Waals surface area contributed by atoms with Gasteiger partial charge in [0.05, 0.1) is 14.2 Å². The van der Waals surface area contributed by atoms with Crippen molar-refractivity contribution in [2.45, 2.75) is 26.4 Å². The lowest BCUT2D eigenvalue weighted by molar-refractivity contribution is -0.139. The summed E-state index contributed by atoms with van der Waals surface area (Å²) < 4.78 is 24.8. The second-order valence-corrected chi connectivity index (χ2v) is 6.31. The number of carbonyl (C=O) groups is 3. The maximum Gasteiger partial charge on any atom is 0.377 e. The van der Waals surface area contributed by atoms with Gasteiger partial charge in [0.2, 0.25) is 11.5 Å². The third kappa shape index (κ3) is 6.45. The molecule has 10 heteroatoms. The van der Waals surface area contributed by atoms with Gasteiger partial charge in [-0.05, 0) is 32.9 Å². The standard InChI is InChI=1S/C19H22O10/c1-19(2,3)29-18(24)15-11(27-13(9-20)16(22)25-4)7-6-8-12(15)28-14(10-21)17(23)26-5/h6-10,20-21H,1-5H3. The Morgan fingerprint density at radius 2 is 1.28 bits per heavy atom. The molecular weight excluding hydrogens is 388 g/mol. The van der Waals surface area contributed by atoms with Crippen LogP contribution in [0, 0.1) is 0 Å². The third-order valence-electron chi connectivity index (χ3n) is 3.04. The van der Waals surface area contributed by atoms with E-state index in [1.165, 1.54) is 18.2 Å². The summed E-state index contributed by atoms with van der Waals surface area (Å²) >= 11 is 0. The highest BCUT2D eigenvalue weighted by Gasteiger charge is 2.28. The van der Waals surface area contributed by atoms with Crippen LogP contribution in [-0.4, -0.2) is 47.9 Å². The summed E-state index contributed by atoms with van der Waals surface area (Å²) in [6.07, 6.45) is 0.706. The Kier molecular flexibility index (Phi) is 8.07. The molecule has 0 amide bonds. The highest BCUT2D eigenvalue weighted by Crippen LogP contribution is 2.33. The van der Waals surface area contributed by atoms with E-state index in [1.54, 1.807) is 20.8 Å². The van der Waals surface area contributed by atoms with Crippen LogP contribution in [0.15, 0.2) is 42.2 Å². The molecule has 0 aliphatic rings. The van der Waals surface area contributed by atoms with Gasteiger partial charge in [-0.1, -0.05) is 6.07 Å². The van der Waals surface area contributed by atoms with E-state index in [0.29, 0.717) is 12.5 Å². The van der Waals surface area contributed by atoms with Gasteiger partial charge in [0, 0.05) is 0 Å². The molecule has 0 saturated heterocycles. The Bertz CT molecular complexity index is 778. The molecule has 0 radical (unpaired) electrons. The van der Waals surface area contributed by atoms with Crippen molar-refractivity contribution in [3.05, 3.63) is 47.8 Å². The molecule has 0 heterocycles. The number of ether oxygens (including phenoxy) is 5. The summed E-state index contributed by atoms with van der Waals surface area (Å²) in [4.78, 5) is 36.1. The van der Waals surface area contributed by atoms with Crippen molar-refractivity contribution in [3.8, 4) is 11.5 Å². The van der Waals surface area contributed by atoms with Crippen LogP contribution in [0.1, 0.15) is 31.1 Å². The molecular formula is C19H22O10. The number of benzene rings is 1. The first-order valence-corrected chi connectivity index (χ1v) is 8.15. The van der Waals surface area contributed by atoms with Crippen molar-refractivity contribution in [3.63, 3.8) is 0 Å². The molecule has 0 atom stereocenters. The zero-order valence-corrected chi connectivity index (χ0v) is 16.5. The fourth-order valence-corrected chi connectivity index (χ4v) is 1.89. The number of aliphatic hydroxyl groups is 2. The summed E-state index contributed by atoms with van der Waals surface area (Å²) in [5.74, 6) is -4.69. The van der Waals surface area contributed by atoms with Crippen LogP contribution in [0.3, 0.4) is 0 Å². The number of carbonyl (C=O) groups excluding carboxylic acids is 3.